The summed E-state index contributed by atoms with van der Waals surface area (Å²) in [5.74, 6) is 1.17. The minimum absolute atomic E-state index is 0.293. The summed E-state index contributed by atoms with van der Waals surface area (Å²) < 4.78 is 13.7. The molecule has 0 radical (unpaired) electrons. The molecule has 0 aliphatic rings. The van der Waals surface area contributed by atoms with Crippen LogP contribution in [0.2, 0.25) is 0 Å². The van der Waals surface area contributed by atoms with Gasteiger partial charge in [0.15, 0.2) is 0 Å². The highest BCUT2D eigenvalue weighted by atomic mass is 19.1. The predicted octanol–water partition coefficient (Wildman–Crippen LogP) is 3.74. The van der Waals surface area contributed by atoms with Crippen LogP contribution >= 0.6 is 0 Å². The van der Waals surface area contributed by atoms with Gasteiger partial charge in [-0.25, -0.2) is 14.4 Å². The van der Waals surface area contributed by atoms with Gasteiger partial charge in [-0.05, 0) is 25.5 Å². The molecule has 0 unspecified atom stereocenters. The lowest BCUT2D eigenvalue weighted by molar-refractivity contribution is 0.631. The molecule has 2 N–H and O–H groups in total. The van der Waals surface area contributed by atoms with Crippen LogP contribution in [0.25, 0.3) is 0 Å². The van der Waals surface area contributed by atoms with Gasteiger partial charge in [-0.2, -0.15) is 0 Å². The van der Waals surface area contributed by atoms with Crippen molar-refractivity contribution in [2.24, 2.45) is 0 Å². The van der Waals surface area contributed by atoms with Crippen LogP contribution < -0.4 is 10.6 Å². The van der Waals surface area contributed by atoms with Gasteiger partial charge in [0.1, 0.15) is 23.8 Å². The van der Waals surface area contributed by atoms with Crippen molar-refractivity contribution >= 4 is 17.3 Å². The molecule has 0 aliphatic heterocycles. The van der Waals surface area contributed by atoms with E-state index in [2.05, 4.69) is 27.5 Å². The quantitative estimate of drug-likeness (QED) is 0.842. The van der Waals surface area contributed by atoms with Gasteiger partial charge in [0.25, 0.3) is 0 Å². The Morgan fingerprint density at radius 1 is 1.10 bits per heavy atom. The van der Waals surface area contributed by atoms with Gasteiger partial charge in [-0.1, -0.05) is 25.5 Å². The molecule has 1 heterocycles. The van der Waals surface area contributed by atoms with Crippen molar-refractivity contribution in [2.75, 3.05) is 17.2 Å². The average Bonchev–Trinajstić information content (AvgIpc) is 2.45. The molecule has 0 aliphatic carbocycles. The molecule has 0 amide bonds. The molecule has 2 aromatic rings. The largest absolute Gasteiger partial charge is 0.370 e. The Kier molecular flexibility index (Phi) is 4.87. The van der Waals surface area contributed by atoms with E-state index >= 15 is 0 Å². The van der Waals surface area contributed by atoms with Gasteiger partial charge in [0, 0.05) is 12.1 Å². The molecule has 0 fully saturated rings. The molecule has 0 saturated heterocycles. The van der Waals surface area contributed by atoms with E-state index in [-0.39, 0.29) is 5.82 Å². The molecule has 0 spiro atoms. The number of nitrogens with one attached hydrogen (secondary N) is 2. The van der Waals surface area contributed by atoms with Gasteiger partial charge in [0.2, 0.25) is 0 Å². The van der Waals surface area contributed by atoms with E-state index in [4.69, 9.17) is 0 Å². The van der Waals surface area contributed by atoms with Gasteiger partial charge < -0.3 is 10.6 Å². The third-order valence-electron chi connectivity index (χ3n) is 2.92. The second-order valence-corrected chi connectivity index (χ2v) is 4.43. The monoisotopic (exact) mass is 274 g/mol. The molecule has 20 heavy (non-hydrogen) atoms. The SMILES string of the molecule is CCCc1c(NCC)ncnc1Nc1ccccc1F. The van der Waals surface area contributed by atoms with Crippen LogP contribution in [0.1, 0.15) is 25.8 Å². The lowest BCUT2D eigenvalue weighted by Gasteiger charge is -2.14. The zero-order valence-electron chi connectivity index (χ0n) is 11.8. The summed E-state index contributed by atoms with van der Waals surface area (Å²) in [5.41, 5.74) is 1.41. The van der Waals surface area contributed by atoms with Crippen molar-refractivity contribution in [3.63, 3.8) is 0 Å². The molecule has 4 nitrogen and oxygen atoms in total. The van der Waals surface area contributed by atoms with Crippen LogP contribution in [0.3, 0.4) is 0 Å². The first kappa shape index (κ1) is 14.2. The third kappa shape index (κ3) is 3.23. The van der Waals surface area contributed by atoms with Crippen LogP contribution in [0.5, 0.6) is 0 Å². The fourth-order valence-corrected chi connectivity index (χ4v) is 2.02. The number of anilines is 3. The first-order valence-corrected chi connectivity index (χ1v) is 6.85. The zero-order valence-corrected chi connectivity index (χ0v) is 11.8. The van der Waals surface area contributed by atoms with Gasteiger partial charge >= 0.3 is 0 Å². The summed E-state index contributed by atoms with van der Waals surface area (Å²) in [4.78, 5) is 8.50. The highest BCUT2D eigenvalue weighted by molar-refractivity contribution is 5.65. The number of benzene rings is 1. The summed E-state index contributed by atoms with van der Waals surface area (Å²) in [6.45, 7) is 4.89. The number of nitrogens with zero attached hydrogens (tertiary/aromatic N) is 2. The molecular weight excluding hydrogens is 255 g/mol. The molecule has 2 rings (SSSR count). The summed E-state index contributed by atoms with van der Waals surface area (Å²) in [6, 6.07) is 6.57. The summed E-state index contributed by atoms with van der Waals surface area (Å²) >= 11 is 0. The summed E-state index contributed by atoms with van der Waals surface area (Å²) in [5, 5.41) is 6.28. The molecule has 1 aromatic carbocycles. The summed E-state index contributed by atoms with van der Waals surface area (Å²) in [6.07, 6.45) is 3.29. The maximum atomic E-state index is 13.7. The Morgan fingerprint density at radius 3 is 2.55 bits per heavy atom. The second-order valence-electron chi connectivity index (χ2n) is 4.43. The van der Waals surface area contributed by atoms with E-state index in [1.165, 1.54) is 12.4 Å². The van der Waals surface area contributed by atoms with E-state index in [9.17, 15) is 4.39 Å². The van der Waals surface area contributed by atoms with Gasteiger partial charge in [-0.3, -0.25) is 0 Å². The minimum Gasteiger partial charge on any atom is -0.370 e. The second kappa shape index (κ2) is 6.84. The Balaban J connectivity index is 2.35. The van der Waals surface area contributed by atoms with Crippen molar-refractivity contribution in [1.29, 1.82) is 0 Å². The Hall–Kier alpha value is -2.17. The van der Waals surface area contributed by atoms with Crippen molar-refractivity contribution in [1.82, 2.24) is 9.97 Å². The topological polar surface area (TPSA) is 49.8 Å². The van der Waals surface area contributed by atoms with Crippen molar-refractivity contribution < 1.29 is 4.39 Å². The molecule has 5 heteroatoms. The number of rotatable bonds is 6. The number of hydrogen-bond donors (Lipinski definition) is 2. The predicted molar refractivity (Wildman–Crippen MR) is 79.9 cm³/mol. The Labute approximate surface area is 118 Å². The van der Waals surface area contributed by atoms with Gasteiger partial charge in [0.05, 0.1) is 5.69 Å². The Bertz CT molecular complexity index is 572. The van der Waals surface area contributed by atoms with Crippen LogP contribution in [0.15, 0.2) is 30.6 Å². The molecule has 1 aromatic heterocycles. The average molecular weight is 274 g/mol. The van der Waals surface area contributed by atoms with Crippen molar-refractivity contribution in [3.8, 4) is 0 Å². The van der Waals surface area contributed by atoms with Crippen LogP contribution in [-0.4, -0.2) is 16.5 Å². The smallest absolute Gasteiger partial charge is 0.146 e. The van der Waals surface area contributed by atoms with Crippen molar-refractivity contribution in [2.45, 2.75) is 26.7 Å². The first-order chi connectivity index (χ1) is 9.76. The molecular formula is C15H19FN4. The van der Waals surface area contributed by atoms with Crippen molar-refractivity contribution in [3.05, 3.63) is 42.0 Å². The highest BCUT2D eigenvalue weighted by Gasteiger charge is 2.11. The number of halogens is 1. The van der Waals surface area contributed by atoms with Crippen LogP contribution in [0, 0.1) is 5.82 Å². The first-order valence-electron chi connectivity index (χ1n) is 6.85. The lowest BCUT2D eigenvalue weighted by atomic mass is 10.1. The van der Waals surface area contributed by atoms with E-state index < -0.39 is 0 Å². The zero-order chi connectivity index (χ0) is 14.4. The standard InChI is InChI=1S/C15H19FN4/c1-3-7-11-14(17-4-2)18-10-19-15(11)20-13-9-6-5-8-12(13)16/h5-6,8-10H,3-4,7H2,1-2H3,(H2,17,18,19,20). The maximum absolute atomic E-state index is 13.7. The van der Waals surface area contributed by atoms with E-state index in [0.29, 0.717) is 11.5 Å². The fraction of sp³-hybridized carbons (Fsp3) is 0.333. The molecule has 0 bridgehead atoms. The highest BCUT2D eigenvalue weighted by Crippen LogP contribution is 2.25. The minimum atomic E-state index is -0.293. The van der Waals surface area contributed by atoms with Crippen LogP contribution in [0.4, 0.5) is 21.7 Å². The lowest BCUT2D eigenvalue weighted by Crippen LogP contribution is -2.08. The van der Waals surface area contributed by atoms with Gasteiger partial charge in [-0.15, -0.1) is 0 Å². The number of hydrogen-bond acceptors (Lipinski definition) is 4. The van der Waals surface area contributed by atoms with E-state index in [0.717, 1.165) is 30.8 Å². The van der Waals surface area contributed by atoms with E-state index in [1.54, 1.807) is 18.2 Å². The summed E-state index contributed by atoms with van der Waals surface area (Å²) in [7, 11) is 0. The third-order valence-corrected chi connectivity index (χ3v) is 2.92. The normalized spacial score (nSPS) is 10.3. The number of aromatic nitrogens is 2. The fourth-order valence-electron chi connectivity index (χ4n) is 2.02. The molecule has 106 valence electrons. The molecule has 0 saturated carbocycles. The maximum Gasteiger partial charge on any atom is 0.146 e. The number of para-hydroxylation sites is 1. The Morgan fingerprint density at radius 2 is 1.85 bits per heavy atom. The van der Waals surface area contributed by atoms with E-state index in [1.807, 2.05) is 6.92 Å². The molecule has 0 atom stereocenters. The van der Waals surface area contributed by atoms with Crippen LogP contribution in [-0.2, 0) is 6.42 Å².